The summed E-state index contributed by atoms with van der Waals surface area (Å²) in [5.74, 6) is -1.33. The highest BCUT2D eigenvalue weighted by Gasteiger charge is 2.35. The third-order valence-electron chi connectivity index (χ3n) is 8.32. The van der Waals surface area contributed by atoms with Crippen molar-refractivity contribution >= 4 is 23.7 Å². The molecule has 1 heterocycles. The minimum absolute atomic E-state index is 0.0126. The molecule has 0 aliphatic carbocycles. The normalized spacial score (nSPS) is 19.8. The quantitative estimate of drug-likeness (QED) is 0.0825. The van der Waals surface area contributed by atoms with Crippen LogP contribution in [0, 0.1) is 23.7 Å². The van der Waals surface area contributed by atoms with Gasteiger partial charge in [-0.05, 0) is 94.5 Å². The average Bonchev–Trinajstić information content (AvgIpc) is 3.39. The first kappa shape index (κ1) is 56.1. The highest BCUT2D eigenvalue weighted by atomic mass is 16.6. The van der Waals surface area contributed by atoms with Gasteiger partial charge in [-0.2, -0.15) is 0 Å². The molecule has 0 aromatic carbocycles. The number of nitrogens with one attached hydrogen (secondary N) is 1. The maximum absolute atomic E-state index is 11.5. The maximum atomic E-state index is 11.5. The summed E-state index contributed by atoms with van der Waals surface area (Å²) < 4.78 is 15.4. The zero-order valence-electron chi connectivity index (χ0n) is 36.0. The van der Waals surface area contributed by atoms with Crippen LogP contribution in [0.2, 0.25) is 0 Å². The molecule has 15 nitrogen and oxygen atoms in total. The van der Waals surface area contributed by atoms with Crippen molar-refractivity contribution in [3.8, 4) is 0 Å². The summed E-state index contributed by atoms with van der Waals surface area (Å²) in [4.78, 5) is 45.6. The van der Waals surface area contributed by atoms with Gasteiger partial charge in [0, 0.05) is 43.9 Å². The molecule has 1 saturated heterocycles. The minimum atomic E-state index is -0.748. The van der Waals surface area contributed by atoms with E-state index in [2.05, 4.69) is 12.2 Å². The number of carbonyl (C=O) groups is 4. The SMILES string of the molecule is CC(C)(C)OC(=O)CC(CN)C(O)CN.CCC(CC(=O)OC(C)(C)C)C(=O)CN.CCC(CC(=O)OC(C)(C)C)C(O)CN.CCC1CNCC1(C)O. The molecule has 0 bridgehead atoms. The molecule has 0 radical (unpaired) electrons. The summed E-state index contributed by atoms with van der Waals surface area (Å²) in [7, 11) is 0. The van der Waals surface area contributed by atoms with E-state index in [1.54, 1.807) is 41.5 Å². The topological polar surface area (TPSA) is 273 Å². The number of aliphatic hydroxyl groups is 3. The second kappa shape index (κ2) is 27.4. The zero-order chi connectivity index (χ0) is 43.1. The lowest BCUT2D eigenvalue weighted by atomic mass is 9.91. The fraction of sp³-hybridized carbons (Fsp3) is 0.897. The van der Waals surface area contributed by atoms with Gasteiger partial charge in [-0.25, -0.2) is 0 Å². The summed E-state index contributed by atoms with van der Waals surface area (Å²) in [5.41, 5.74) is 19.4. The lowest BCUT2D eigenvalue weighted by molar-refractivity contribution is -0.158. The van der Waals surface area contributed by atoms with Crippen molar-refractivity contribution in [1.82, 2.24) is 5.32 Å². The predicted molar refractivity (Wildman–Crippen MR) is 213 cm³/mol. The molecule has 0 aromatic rings. The van der Waals surface area contributed by atoms with E-state index < -0.39 is 34.6 Å². The first-order valence-electron chi connectivity index (χ1n) is 19.3. The molecule has 0 spiro atoms. The van der Waals surface area contributed by atoms with Gasteiger partial charge in [0.15, 0.2) is 0 Å². The van der Waals surface area contributed by atoms with Crippen LogP contribution >= 0.6 is 0 Å². The Kier molecular flexibility index (Phi) is 28.4. The van der Waals surface area contributed by atoms with Crippen LogP contribution in [0.3, 0.4) is 0 Å². The molecule has 12 N–H and O–H groups in total. The van der Waals surface area contributed by atoms with E-state index in [4.69, 9.17) is 37.1 Å². The van der Waals surface area contributed by atoms with Crippen molar-refractivity contribution in [2.75, 3.05) is 39.3 Å². The van der Waals surface area contributed by atoms with Gasteiger partial charge in [0.05, 0.1) is 43.6 Å². The molecule has 0 amide bonds. The predicted octanol–water partition coefficient (Wildman–Crippen LogP) is 2.32. The van der Waals surface area contributed by atoms with E-state index >= 15 is 0 Å². The van der Waals surface area contributed by atoms with Crippen LogP contribution < -0.4 is 28.3 Å². The van der Waals surface area contributed by atoms with E-state index in [9.17, 15) is 34.5 Å². The highest BCUT2D eigenvalue weighted by molar-refractivity contribution is 5.86. The van der Waals surface area contributed by atoms with E-state index in [0.717, 1.165) is 25.9 Å². The van der Waals surface area contributed by atoms with Gasteiger partial charge in [0.25, 0.3) is 0 Å². The molecule has 1 aliphatic heterocycles. The second-order valence-corrected chi connectivity index (χ2v) is 17.0. The highest BCUT2D eigenvalue weighted by Crippen LogP contribution is 2.23. The number of ketones is 1. The molecule has 7 atom stereocenters. The van der Waals surface area contributed by atoms with Crippen LogP contribution in [0.15, 0.2) is 0 Å². The molecule has 54 heavy (non-hydrogen) atoms. The number of hydrogen-bond donors (Lipinski definition) is 8. The van der Waals surface area contributed by atoms with Crippen LogP contribution in [-0.4, -0.2) is 113 Å². The van der Waals surface area contributed by atoms with Crippen LogP contribution in [0.5, 0.6) is 0 Å². The van der Waals surface area contributed by atoms with E-state index in [-0.39, 0.29) is 86.9 Å². The number of aliphatic hydroxyl groups excluding tert-OH is 2. The molecule has 15 heteroatoms. The molecular weight excluding hydrogens is 698 g/mol. The number of hydrogen-bond acceptors (Lipinski definition) is 15. The monoisotopic (exact) mass is 780 g/mol. The van der Waals surface area contributed by atoms with Crippen LogP contribution in [-0.2, 0) is 33.4 Å². The van der Waals surface area contributed by atoms with Gasteiger partial charge in [-0.3, -0.25) is 19.2 Å². The molecule has 1 fully saturated rings. The zero-order valence-corrected chi connectivity index (χ0v) is 36.0. The third-order valence-corrected chi connectivity index (χ3v) is 8.32. The van der Waals surface area contributed by atoms with Crippen molar-refractivity contribution in [2.24, 2.45) is 46.6 Å². The number of ether oxygens (including phenoxy) is 3. The fourth-order valence-electron chi connectivity index (χ4n) is 5.19. The Balaban J connectivity index is -0.000000651. The smallest absolute Gasteiger partial charge is 0.307 e. The number of rotatable bonds is 16. The number of β-amino-alcohol motifs (C(OH)–C–C–N with tert-alkyl or cyclic N) is 1. The minimum Gasteiger partial charge on any atom is -0.460 e. The Bertz CT molecular complexity index is 1010. The molecule has 322 valence electrons. The van der Waals surface area contributed by atoms with Crippen LogP contribution in [0.4, 0.5) is 0 Å². The van der Waals surface area contributed by atoms with Gasteiger partial charge in [-0.15, -0.1) is 0 Å². The average molecular weight is 780 g/mol. The first-order valence-corrected chi connectivity index (χ1v) is 19.3. The molecular formula is C39H81N5O10. The van der Waals surface area contributed by atoms with Crippen molar-refractivity contribution in [3.63, 3.8) is 0 Å². The Hall–Kier alpha value is -2.24. The molecule has 1 rings (SSSR count). The summed E-state index contributed by atoms with van der Waals surface area (Å²) in [6, 6.07) is 0. The second-order valence-electron chi connectivity index (χ2n) is 17.0. The van der Waals surface area contributed by atoms with Gasteiger partial charge in [0.1, 0.15) is 22.6 Å². The van der Waals surface area contributed by atoms with Gasteiger partial charge < -0.3 is 57.8 Å². The first-order chi connectivity index (χ1) is 24.6. The van der Waals surface area contributed by atoms with E-state index in [0.29, 0.717) is 12.3 Å². The van der Waals surface area contributed by atoms with Gasteiger partial charge in [-0.1, -0.05) is 27.2 Å². The number of carbonyl (C=O) groups excluding carboxylic acids is 4. The van der Waals surface area contributed by atoms with Crippen molar-refractivity contribution in [3.05, 3.63) is 0 Å². The standard InChI is InChI=1S/C11H23NO3.C11H21NO3.C10H22N2O3.C7H15NO/c2*1-5-8(9(13)7-12)6-10(14)15-11(2,3)4;1-10(2,3)15-9(14)4-7(5-11)8(13)6-12;1-3-6-4-8-5-7(6,2)9/h8-9,13H,5-7,12H2,1-4H3;8H,5-7,12H2,1-4H3;7-8,13H,4-6,11-12H2,1-3H3;6,8-9H,3-5H2,1-2H3. The Morgan fingerprint density at radius 3 is 1.33 bits per heavy atom. The lowest BCUT2D eigenvalue weighted by Crippen LogP contribution is -2.36. The molecule has 0 aromatic heterocycles. The lowest BCUT2D eigenvalue weighted by Gasteiger charge is -2.23. The van der Waals surface area contributed by atoms with Crippen LogP contribution in [0.1, 0.15) is 129 Å². The number of Topliss-reactive ketones (excluding diaryl/α,β-unsaturated/α-hetero) is 1. The summed E-state index contributed by atoms with van der Waals surface area (Å²) in [6.07, 6.45) is 1.50. The van der Waals surface area contributed by atoms with E-state index in [1.807, 2.05) is 41.5 Å². The fourth-order valence-corrected chi connectivity index (χ4v) is 5.19. The van der Waals surface area contributed by atoms with Crippen LogP contribution in [0.25, 0.3) is 0 Å². The largest absolute Gasteiger partial charge is 0.460 e. The Morgan fingerprint density at radius 1 is 0.685 bits per heavy atom. The molecule has 0 saturated carbocycles. The Labute approximate surface area is 326 Å². The van der Waals surface area contributed by atoms with Crippen molar-refractivity contribution in [1.29, 1.82) is 0 Å². The summed E-state index contributed by atoms with van der Waals surface area (Å²) in [6.45, 7) is 26.3. The summed E-state index contributed by atoms with van der Waals surface area (Å²) >= 11 is 0. The summed E-state index contributed by atoms with van der Waals surface area (Å²) in [5, 5.41) is 31.7. The molecule has 7 unspecified atom stereocenters. The van der Waals surface area contributed by atoms with Gasteiger partial charge in [0.2, 0.25) is 0 Å². The molecule has 1 aliphatic rings. The Morgan fingerprint density at radius 2 is 1.07 bits per heavy atom. The van der Waals surface area contributed by atoms with Gasteiger partial charge >= 0.3 is 17.9 Å². The van der Waals surface area contributed by atoms with Crippen molar-refractivity contribution < 1.29 is 48.7 Å². The number of nitrogens with two attached hydrogens (primary N) is 4. The van der Waals surface area contributed by atoms with E-state index in [1.165, 1.54) is 0 Å². The maximum Gasteiger partial charge on any atom is 0.307 e. The third kappa shape index (κ3) is 29.1. The number of esters is 3. The van der Waals surface area contributed by atoms with Crippen molar-refractivity contribution in [2.45, 2.75) is 163 Å².